The van der Waals surface area contributed by atoms with Crippen molar-refractivity contribution < 1.29 is 27.5 Å². The van der Waals surface area contributed by atoms with E-state index in [0.717, 1.165) is 4.31 Å². The number of methoxy groups -OCH3 is 2. The van der Waals surface area contributed by atoms with Gasteiger partial charge in [0.2, 0.25) is 11.8 Å². The van der Waals surface area contributed by atoms with Gasteiger partial charge in [-0.3, -0.25) is 13.9 Å². The van der Waals surface area contributed by atoms with E-state index in [2.05, 4.69) is 5.32 Å². The Bertz CT molecular complexity index is 1550. The Morgan fingerprint density at radius 2 is 1.50 bits per heavy atom. The molecule has 44 heavy (non-hydrogen) atoms. The van der Waals surface area contributed by atoms with E-state index in [0.29, 0.717) is 32.8 Å². The summed E-state index contributed by atoms with van der Waals surface area (Å²) in [5.74, 6) is -0.495. The molecule has 0 aliphatic carbocycles. The Labute approximate surface area is 274 Å². The number of halogens is 3. The molecule has 0 saturated carbocycles. The average molecular weight is 685 g/mol. The van der Waals surface area contributed by atoms with Gasteiger partial charge in [-0.2, -0.15) is 0 Å². The van der Waals surface area contributed by atoms with Crippen molar-refractivity contribution >= 4 is 62.3 Å². The van der Waals surface area contributed by atoms with Crippen molar-refractivity contribution in [1.82, 2.24) is 10.2 Å². The van der Waals surface area contributed by atoms with Crippen LogP contribution in [0.1, 0.15) is 39.2 Å². The predicted molar refractivity (Wildman–Crippen MR) is 175 cm³/mol. The molecule has 13 heteroatoms. The average Bonchev–Trinajstić information content (AvgIpc) is 3.00. The Morgan fingerprint density at radius 1 is 0.886 bits per heavy atom. The summed E-state index contributed by atoms with van der Waals surface area (Å²) in [5.41, 5.74) is 0.616. The highest BCUT2D eigenvalue weighted by molar-refractivity contribution is 7.92. The number of nitrogens with one attached hydrogen (secondary N) is 1. The maximum absolute atomic E-state index is 14.3. The van der Waals surface area contributed by atoms with Crippen LogP contribution in [0.25, 0.3) is 0 Å². The molecule has 0 radical (unpaired) electrons. The zero-order chi connectivity index (χ0) is 32.6. The monoisotopic (exact) mass is 683 g/mol. The second kappa shape index (κ2) is 15.7. The van der Waals surface area contributed by atoms with E-state index in [1.165, 1.54) is 61.6 Å². The fraction of sp³-hybridized carbons (Fsp3) is 0.355. The second-order valence-electron chi connectivity index (χ2n) is 9.97. The number of amides is 2. The van der Waals surface area contributed by atoms with Gasteiger partial charge < -0.3 is 19.7 Å². The summed E-state index contributed by atoms with van der Waals surface area (Å²) in [5, 5.41) is 3.92. The van der Waals surface area contributed by atoms with Gasteiger partial charge in [-0.1, -0.05) is 54.7 Å². The van der Waals surface area contributed by atoms with Crippen LogP contribution in [0, 0.1) is 0 Å². The summed E-state index contributed by atoms with van der Waals surface area (Å²) in [6, 6.07) is 14.0. The molecule has 0 spiro atoms. The van der Waals surface area contributed by atoms with Crippen LogP contribution >= 0.6 is 34.8 Å². The summed E-state index contributed by atoms with van der Waals surface area (Å²) in [6.45, 7) is 4.79. The molecule has 3 aromatic carbocycles. The van der Waals surface area contributed by atoms with Crippen LogP contribution in [-0.2, 0) is 26.2 Å². The zero-order valence-electron chi connectivity index (χ0n) is 25.1. The number of carbonyl (C=O) groups excluding carboxylic acids is 2. The van der Waals surface area contributed by atoms with Gasteiger partial charge in [0.1, 0.15) is 12.6 Å². The van der Waals surface area contributed by atoms with Crippen molar-refractivity contribution in [2.45, 2.75) is 57.1 Å². The molecular weight excluding hydrogens is 649 g/mol. The second-order valence-corrected chi connectivity index (χ2v) is 13.1. The molecule has 0 bridgehead atoms. The standard InChI is InChI=1S/C31H36Cl3N3O6S/c1-6-20(3)35-31(39)27(7-2)36(18-24-25(33)9-8-10-26(24)34)30(38)19-37(22-13-11-21(32)12-14-22)44(40,41)23-15-16-28(42-4)29(17-23)43-5/h8-17,20,27H,6-7,18-19H2,1-5H3,(H,35,39)/t20-,27-/m1/s1. The molecule has 0 saturated heterocycles. The maximum Gasteiger partial charge on any atom is 0.264 e. The van der Waals surface area contributed by atoms with Crippen LogP contribution < -0.4 is 19.1 Å². The van der Waals surface area contributed by atoms with Gasteiger partial charge in [-0.15, -0.1) is 0 Å². The highest BCUT2D eigenvalue weighted by Gasteiger charge is 2.35. The SMILES string of the molecule is CC[C@@H](C)NC(=O)[C@@H](CC)N(Cc1c(Cl)cccc1Cl)C(=O)CN(c1ccc(Cl)cc1)S(=O)(=O)c1ccc(OC)c(OC)c1. The van der Waals surface area contributed by atoms with Gasteiger partial charge in [0.15, 0.2) is 11.5 Å². The normalized spacial score (nSPS) is 12.6. The van der Waals surface area contributed by atoms with Crippen molar-refractivity contribution in [3.63, 3.8) is 0 Å². The molecule has 2 atom stereocenters. The van der Waals surface area contributed by atoms with E-state index >= 15 is 0 Å². The van der Waals surface area contributed by atoms with E-state index in [1.807, 2.05) is 13.8 Å². The lowest BCUT2D eigenvalue weighted by atomic mass is 10.1. The van der Waals surface area contributed by atoms with E-state index in [1.54, 1.807) is 25.1 Å². The molecular formula is C31H36Cl3N3O6S. The summed E-state index contributed by atoms with van der Waals surface area (Å²) >= 11 is 19.0. The quantitative estimate of drug-likeness (QED) is 0.206. The lowest BCUT2D eigenvalue weighted by molar-refractivity contribution is -0.140. The third-order valence-corrected chi connectivity index (χ3v) is 9.84. The molecule has 1 N–H and O–H groups in total. The first-order valence-electron chi connectivity index (χ1n) is 13.9. The molecule has 0 aromatic heterocycles. The number of rotatable bonds is 14. The predicted octanol–water partition coefficient (Wildman–Crippen LogP) is 6.58. The number of nitrogens with zero attached hydrogens (tertiary/aromatic N) is 2. The summed E-state index contributed by atoms with van der Waals surface area (Å²) in [7, 11) is -1.54. The van der Waals surface area contributed by atoms with Crippen LogP contribution in [0.5, 0.6) is 11.5 Å². The highest BCUT2D eigenvalue weighted by Crippen LogP contribution is 2.33. The fourth-order valence-electron chi connectivity index (χ4n) is 4.45. The first kappa shape index (κ1) is 35.3. The van der Waals surface area contributed by atoms with Crippen molar-refractivity contribution in [2.75, 3.05) is 25.1 Å². The minimum Gasteiger partial charge on any atom is -0.493 e. The van der Waals surface area contributed by atoms with Crippen LogP contribution in [0.2, 0.25) is 15.1 Å². The summed E-state index contributed by atoms with van der Waals surface area (Å²) in [4.78, 5) is 28.9. The smallest absolute Gasteiger partial charge is 0.264 e. The number of ether oxygens (including phenoxy) is 2. The number of hydrogen-bond acceptors (Lipinski definition) is 6. The van der Waals surface area contributed by atoms with Gasteiger partial charge in [0.05, 0.1) is 24.8 Å². The van der Waals surface area contributed by atoms with Gasteiger partial charge in [-0.05, 0) is 68.3 Å². The molecule has 9 nitrogen and oxygen atoms in total. The fourth-order valence-corrected chi connectivity index (χ4v) is 6.53. The lowest BCUT2D eigenvalue weighted by Crippen LogP contribution is -2.53. The molecule has 238 valence electrons. The minimum absolute atomic E-state index is 0.130. The van der Waals surface area contributed by atoms with Gasteiger partial charge in [0, 0.05) is 39.3 Å². The molecule has 0 aliphatic heterocycles. The summed E-state index contributed by atoms with van der Waals surface area (Å²) < 4.78 is 39.9. The number of sulfonamides is 1. The first-order valence-corrected chi connectivity index (χ1v) is 16.5. The van der Waals surface area contributed by atoms with Crippen molar-refractivity contribution in [2.24, 2.45) is 0 Å². The number of benzene rings is 3. The van der Waals surface area contributed by atoms with Crippen LogP contribution in [-0.4, -0.2) is 58.0 Å². The third kappa shape index (κ3) is 8.29. The molecule has 0 aliphatic rings. The zero-order valence-corrected chi connectivity index (χ0v) is 28.2. The van der Waals surface area contributed by atoms with Crippen molar-refractivity contribution in [3.8, 4) is 11.5 Å². The Hall–Kier alpha value is -3.18. The molecule has 0 fully saturated rings. The topological polar surface area (TPSA) is 105 Å². The molecule has 0 heterocycles. The van der Waals surface area contributed by atoms with Crippen molar-refractivity contribution in [1.29, 1.82) is 0 Å². The maximum atomic E-state index is 14.3. The van der Waals surface area contributed by atoms with Gasteiger partial charge in [-0.25, -0.2) is 8.42 Å². The Kier molecular flexibility index (Phi) is 12.6. The largest absolute Gasteiger partial charge is 0.493 e. The third-order valence-electron chi connectivity index (χ3n) is 7.11. The van der Waals surface area contributed by atoms with Gasteiger partial charge in [0.25, 0.3) is 10.0 Å². The Balaban J connectivity index is 2.13. The minimum atomic E-state index is -4.36. The number of carbonyl (C=O) groups is 2. The first-order chi connectivity index (χ1) is 20.9. The molecule has 2 amide bonds. The lowest BCUT2D eigenvalue weighted by Gasteiger charge is -2.34. The highest BCUT2D eigenvalue weighted by atomic mass is 35.5. The van der Waals surface area contributed by atoms with Crippen LogP contribution in [0.4, 0.5) is 5.69 Å². The number of anilines is 1. The van der Waals surface area contributed by atoms with E-state index in [-0.39, 0.29) is 41.2 Å². The van der Waals surface area contributed by atoms with Gasteiger partial charge >= 0.3 is 0 Å². The summed E-state index contributed by atoms with van der Waals surface area (Å²) in [6.07, 6.45) is 0.930. The van der Waals surface area contributed by atoms with E-state index in [9.17, 15) is 18.0 Å². The number of hydrogen-bond donors (Lipinski definition) is 1. The molecule has 0 unspecified atom stereocenters. The van der Waals surface area contributed by atoms with E-state index < -0.39 is 28.5 Å². The van der Waals surface area contributed by atoms with Crippen LogP contribution in [0.3, 0.4) is 0 Å². The van der Waals surface area contributed by atoms with Crippen LogP contribution in [0.15, 0.2) is 65.6 Å². The molecule has 3 rings (SSSR count). The Morgan fingerprint density at radius 3 is 2.05 bits per heavy atom. The van der Waals surface area contributed by atoms with E-state index in [4.69, 9.17) is 44.3 Å². The van der Waals surface area contributed by atoms with Crippen molar-refractivity contribution in [3.05, 3.63) is 81.3 Å². The molecule has 3 aromatic rings.